The number of hydrogen-bond acceptors (Lipinski definition) is 4. The molecular formula is C21H25NO4S. The molecule has 27 heavy (non-hydrogen) atoms. The van der Waals surface area contributed by atoms with Gasteiger partial charge in [-0.15, -0.1) is 0 Å². The fraction of sp³-hybridized carbons (Fsp3) is 0.238. The highest BCUT2D eigenvalue weighted by atomic mass is 32.2. The Bertz CT molecular complexity index is 727. The number of carboxylic acid groups (broad SMARTS) is 2. The second kappa shape index (κ2) is 12.7. The first-order valence-electron chi connectivity index (χ1n) is 8.63. The highest BCUT2D eigenvalue weighted by molar-refractivity contribution is 7.99. The van der Waals surface area contributed by atoms with E-state index in [0.717, 1.165) is 19.6 Å². The van der Waals surface area contributed by atoms with E-state index in [-0.39, 0.29) is 0 Å². The van der Waals surface area contributed by atoms with Crippen molar-refractivity contribution in [3.05, 3.63) is 72.3 Å². The largest absolute Gasteiger partial charge is 0.478 e. The third-order valence-electron chi connectivity index (χ3n) is 3.60. The maximum absolute atomic E-state index is 9.55. The Morgan fingerprint density at radius 3 is 1.93 bits per heavy atom. The first-order chi connectivity index (χ1) is 13.0. The molecule has 144 valence electrons. The van der Waals surface area contributed by atoms with E-state index < -0.39 is 11.9 Å². The normalized spacial score (nSPS) is 10.5. The van der Waals surface area contributed by atoms with E-state index in [9.17, 15) is 9.59 Å². The molecule has 0 bridgehead atoms. The van der Waals surface area contributed by atoms with Crippen LogP contribution in [0.3, 0.4) is 0 Å². The standard InChI is InChI=1S/C17H21NS.C4H4O4/c1-3-18(4-2)14-15-10-8-9-13-17(15)19-16-11-6-5-7-12-16;5-3(6)1-2-4(7)8/h5-13H,3-4,14H2,1-2H3;1-2H,(H,5,6)(H,7,8). The molecule has 2 aromatic rings. The van der Waals surface area contributed by atoms with Gasteiger partial charge >= 0.3 is 11.9 Å². The van der Waals surface area contributed by atoms with E-state index >= 15 is 0 Å². The Morgan fingerprint density at radius 1 is 0.889 bits per heavy atom. The molecule has 2 rings (SSSR count). The lowest BCUT2D eigenvalue weighted by Gasteiger charge is -2.19. The van der Waals surface area contributed by atoms with Crippen LogP contribution in [0.4, 0.5) is 0 Å². The quantitative estimate of drug-likeness (QED) is 0.654. The van der Waals surface area contributed by atoms with Crippen molar-refractivity contribution >= 4 is 23.7 Å². The fourth-order valence-electron chi connectivity index (χ4n) is 2.18. The summed E-state index contributed by atoms with van der Waals surface area (Å²) >= 11 is 1.85. The summed E-state index contributed by atoms with van der Waals surface area (Å²) < 4.78 is 0. The van der Waals surface area contributed by atoms with Gasteiger partial charge in [-0.1, -0.05) is 62.0 Å². The third-order valence-corrected chi connectivity index (χ3v) is 4.73. The van der Waals surface area contributed by atoms with Gasteiger partial charge in [0, 0.05) is 28.5 Å². The second-order valence-corrected chi connectivity index (χ2v) is 6.61. The molecule has 0 heterocycles. The minimum absolute atomic E-state index is 0.558. The molecular weight excluding hydrogens is 362 g/mol. The number of carbonyl (C=O) groups is 2. The predicted octanol–water partition coefficient (Wildman–Crippen LogP) is 4.39. The predicted molar refractivity (Wildman–Crippen MR) is 108 cm³/mol. The molecule has 2 aromatic carbocycles. The monoisotopic (exact) mass is 387 g/mol. The average Bonchev–Trinajstić information content (AvgIpc) is 2.67. The molecule has 0 saturated carbocycles. The van der Waals surface area contributed by atoms with Crippen LogP contribution in [0.2, 0.25) is 0 Å². The third kappa shape index (κ3) is 9.63. The summed E-state index contributed by atoms with van der Waals surface area (Å²) in [6, 6.07) is 19.3. The molecule has 0 aromatic heterocycles. The topological polar surface area (TPSA) is 77.8 Å². The molecule has 0 atom stereocenters. The van der Waals surface area contributed by atoms with Gasteiger partial charge in [0.25, 0.3) is 0 Å². The Morgan fingerprint density at radius 2 is 1.41 bits per heavy atom. The first kappa shape index (κ1) is 22.5. The SMILES string of the molecule is CCN(CC)Cc1ccccc1Sc1ccccc1.O=C(O)C=CC(=O)O. The molecule has 0 aliphatic carbocycles. The lowest BCUT2D eigenvalue weighted by Crippen LogP contribution is -2.22. The number of benzene rings is 2. The van der Waals surface area contributed by atoms with Crippen LogP contribution < -0.4 is 0 Å². The fourth-order valence-corrected chi connectivity index (χ4v) is 3.14. The highest BCUT2D eigenvalue weighted by Crippen LogP contribution is 2.30. The van der Waals surface area contributed by atoms with Crippen molar-refractivity contribution in [2.24, 2.45) is 0 Å². The van der Waals surface area contributed by atoms with Gasteiger partial charge in [0.1, 0.15) is 0 Å². The van der Waals surface area contributed by atoms with Crippen molar-refractivity contribution in [1.29, 1.82) is 0 Å². The van der Waals surface area contributed by atoms with Crippen LogP contribution in [0.15, 0.2) is 76.5 Å². The van der Waals surface area contributed by atoms with Gasteiger partial charge in [-0.05, 0) is 36.9 Å². The van der Waals surface area contributed by atoms with Gasteiger partial charge in [-0.3, -0.25) is 4.90 Å². The van der Waals surface area contributed by atoms with Crippen LogP contribution in [0.25, 0.3) is 0 Å². The van der Waals surface area contributed by atoms with Crippen molar-refractivity contribution in [2.45, 2.75) is 30.2 Å². The Kier molecular flexibility index (Phi) is 10.6. The minimum atomic E-state index is -1.26. The van der Waals surface area contributed by atoms with E-state index in [1.165, 1.54) is 15.4 Å². The molecule has 0 aliphatic rings. The Balaban J connectivity index is 0.000000387. The molecule has 0 fully saturated rings. The van der Waals surface area contributed by atoms with E-state index in [0.29, 0.717) is 12.2 Å². The lowest BCUT2D eigenvalue weighted by atomic mass is 10.2. The zero-order valence-corrected chi connectivity index (χ0v) is 16.4. The van der Waals surface area contributed by atoms with E-state index in [1.807, 2.05) is 11.8 Å². The highest BCUT2D eigenvalue weighted by Gasteiger charge is 2.07. The van der Waals surface area contributed by atoms with Gasteiger partial charge in [-0.2, -0.15) is 0 Å². The summed E-state index contributed by atoms with van der Waals surface area (Å²) in [5.74, 6) is -2.51. The summed E-state index contributed by atoms with van der Waals surface area (Å²) in [5.41, 5.74) is 1.42. The minimum Gasteiger partial charge on any atom is -0.478 e. The molecule has 0 radical (unpaired) electrons. The van der Waals surface area contributed by atoms with Crippen LogP contribution in [0, 0.1) is 0 Å². The smallest absolute Gasteiger partial charge is 0.328 e. The molecule has 0 unspecified atom stereocenters. The zero-order chi connectivity index (χ0) is 20.1. The van der Waals surface area contributed by atoms with E-state index in [2.05, 4.69) is 73.3 Å². The average molecular weight is 388 g/mol. The molecule has 6 heteroatoms. The van der Waals surface area contributed by atoms with Gasteiger partial charge in [-0.25, -0.2) is 9.59 Å². The maximum Gasteiger partial charge on any atom is 0.328 e. The number of hydrogen-bond donors (Lipinski definition) is 2. The van der Waals surface area contributed by atoms with Gasteiger partial charge < -0.3 is 10.2 Å². The van der Waals surface area contributed by atoms with Crippen molar-refractivity contribution in [3.63, 3.8) is 0 Å². The molecule has 0 spiro atoms. The van der Waals surface area contributed by atoms with Gasteiger partial charge in [0.15, 0.2) is 0 Å². The van der Waals surface area contributed by atoms with E-state index in [4.69, 9.17) is 10.2 Å². The van der Waals surface area contributed by atoms with Gasteiger partial charge in [0.05, 0.1) is 0 Å². The Labute approximate surface area is 164 Å². The van der Waals surface area contributed by atoms with Crippen LogP contribution in [-0.2, 0) is 16.1 Å². The summed E-state index contributed by atoms with van der Waals surface area (Å²) in [5, 5.41) is 15.6. The number of nitrogens with zero attached hydrogens (tertiary/aromatic N) is 1. The number of carboxylic acids is 2. The Hall–Kier alpha value is -2.57. The summed E-state index contributed by atoms with van der Waals surface area (Å²) in [4.78, 5) is 24.2. The molecule has 0 saturated heterocycles. The van der Waals surface area contributed by atoms with Crippen LogP contribution in [0.1, 0.15) is 19.4 Å². The molecule has 2 N–H and O–H groups in total. The summed E-state index contributed by atoms with van der Waals surface area (Å²) in [6.45, 7) is 7.66. The van der Waals surface area contributed by atoms with Gasteiger partial charge in [0.2, 0.25) is 0 Å². The van der Waals surface area contributed by atoms with E-state index in [1.54, 1.807) is 0 Å². The first-order valence-corrected chi connectivity index (χ1v) is 9.45. The molecule has 0 aliphatic heterocycles. The van der Waals surface area contributed by atoms with Crippen molar-refractivity contribution in [3.8, 4) is 0 Å². The maximum atomic E-state index is 9.55. The van der Waals surface area contributed by atoms with Crippen molar-refractivity contribution in [2.75, 3.05) is 13.1 Å². The lowest BCUT2D eigenvalue weighted by molar-refractivity contribution is -0.134. The van der Waals surface area contributed by atoms with Crippen molar-refractivity contribution in [1.82, 2.24) is 4.90 Å². The zero-order valence-electron chi connectivity index (χ0n) is 15.5. The van der Waals surface area contributed by atoms with Crippen molar-refractivity contribution < 1.29 is 19.8 Å². The summed E-state index contributed by atoms with van der Waals surface area (Å²) in [6.07, 6.45) is 1.12. The number of rotatable bonds is 8. The summed E-state index contributed by atoms with van der Waals surface area (Å²) in [7, 11) is 0. The van der Waals surface area contributed by atoms with Crippen LogP contribution in [-0.4, -0.2) is 40.1 Å². The molecule has 5 nitrogen and oxygen atoms in total. The molecule has 0 amide bonds. The van der Waals surface area contributed by atoms with Crippen LogP contribution >= 0.6 is 11.8 Å². The van der Waals surface area contributed by atoms with Crippen LogP contribution in [0.5, 0.6) is 0 Å². The second-order valence-electron chi connectivity index (χ2n) is 5.49. The number of aliphatic carboxylic acids is 2.